The van der Waals surface area contributed by atoms with Gasteiger partial charge in [-0.1, -0.05) is 18.5 Å². The molecule has 3 rings (SSSR count). The molecule has 102 valence electrons. The second kappa shape index (κ2) is 4.98. The van der Waals surface area contributed by atoms with E-state index in [-0.39, 0.29) is 0 Å². The van der Waals surface area contributed by atoms with Crippen molar-refractivity contribution in [2.75, 3.05) is 12.3 Å². The van der Waals surface area contributed by atoms with Crippen molar-refractivity contribution in [2.24, 2.45) is 5.92 Å². The molecule has 2 aromatic heterocycles. The first-order valence-electron chi connectivity index (χ1n) is 6.58. The number of nitrogens with zero attached hydrogens (tertiary/aromatic N) is 3. The van der Waals surface area contributed by atoms with Crippen LogP contribution in [0.25, 0.3) is 11.2 Å². The van der Waals surface area contributed by atoms with Gasteiger partial charge in [-0.3, -0.25) is 4.57 Å². The highest BCUT2D eigenvalue weighted by molar-refractivity contribution is 6.31. The Morgan fingerprint density at radius 3 is 3.21 bits per heavy atom. The summed E-state index contributed by atoms with van der Waals surface area (Å²) in [5, 5.41) is 0.577. The van der Waals surface area contributed by atoms with Gasteiger partial charge in [-0.05, 0) is 18.9 Å². The fraction of sp³-hybridized carbons (Fsp3) is 0.538. The van der Waals surface area contributed by atoms with Gasteiger partial charge in [0.2, 0.25) is 5.95 Å². The van der Waals surface area contributed by atoms with Crippen LogP contribution < -0.4 is 5.73 Å². The molecule has 0 aromatic carbocycles. The van der Waals surface area contributed by atoms with E-state index in [1.54, 1.807) is 12.3 Å². The summed E-state index contributed by atoms with van der Waals surface area (Å²) in [5.74, 6) is 0.966. The molecule has 5 nitrogen and oxygen atoms in total. The second-order valence-electron chi connectivity index (χ2n) is 4.94. The molecular weight excluding hydrogens is 264 g/mol. The molecule has 3 heterocycles. The monoisotopic (exact) mass is 280 g/mol. The van der Waals surface area contributed by atoms with Crippen molar-refractivity contribution in [1.82, 2.24) is 14.5 Å². The van der Waals surface area contributed by atoms with E-state index in [1.807, 2.05) is 4.57 Å². The highest BCUT2D eigenvalue weighted by Crippen LogP contribution is 2.28. The number of hydrogen-bond acceptors (Lipinski definition) is 4. The number of hydrogen-bond donors (Lipinski definition) is 1. The normalized spacial score (nSPS) is 23.3. The van der Waals surface area contributed by atoms with E-state index < -0.39 is 0 Å². The first-order chi connectivity index (χ1) is 9.19. The number of fused-ring (bicyclic) bond motifs is 1. The van der Waals surface area contributed by atoms with Crippen LogP contribution in [0.15, 0.2) is 12.3 Å². The van der Waals surface area contributed by atoms with Crippen molar-refractivity contribution < 1.29 is 4.74 Å². The van der Waals surface area contributed by atoms with Crippen LogP contribution in [0, 0.1) is 5.92 Å². The molecule has 0 bridgehead atoms. The highest BCUT2D eigenvalue weighted by atomic mass is 35.5. The standard InChI is InChI=1S/C13H17ClN4O/c1-2-11-8(3-4-19-11)7-18-12-10(17-13(18)15)5-9(14)6-16-12/h5-6,8,11H,2-4,7H2,1H3,(H2,15,17). The van der Waals surface area contributed by atoms with Gasteiger partial charge in [-0.15, -0.1) is 0 Å². The van der Waals surface area contributed by atoms with E-state index in [0.29, 0.717) is 23.0 Å². The van der Waals surface area contributed by atoms with Crippen molar-refractivity contribution in [1.29, 1.82) is 0 Å². The minimum Gasteiger partial charge on any atom is -0.378 e. The van der Waals surface area contributed by atoms with Crippen molar-refractivity contribution in [3.8, 4) is 0 Å². The molecule has 2 unspecified atom stereocenters. The molecule has 0 aliphatic carbocycles. The Hall–Kier alpha value is -1.33. The molecule has 19 heavy (non-hydrogen) atoms. The lowest BCUT2D eigenvalue weighted by Crippen LogP contribution is -2.21. The highest BCUT2D eigenvalue weighted by Gasteiger charge is 2.28. The second-order valence-corrected chi connectivity index (χ2v) is 5.38. The van der Waals surface area contributed by atoms with Gasteiger partial charge >= 0.3 is 0 Å². The summed E-state index contributed by atoms with van der Waals surface area (Å²) in [6.07, 6.45) is 4.02. The largest absolute Gasteiger partial charge is 0.378 e. The zero-order valence-corrected chi connectivity index (χ0v) is 11.6. The molecule has 6 heteroatoms. The lowest BCUT2D eigenvalue weighted by molar-refractivity contribution is 0.0839. The number of imidazole rings is 1. The summed E-state index contributed by atoms with van der Waals surface area (Å²) in [6.45, 7) is 3.78. The van der Waals surface area contributed by atoms with E-state index in [1.165, 1.54) is 0 Å². The van der Waals surface area contributed by atoms with Gasteiger partial charge in [-0.25, -0.2) is 9.97 Å². The van der Waals surface area contributed by atoms with Crippen LogP contribution in [0.4, 0.5) is 5.95 Å². The molecule has 2 atom stereocenters. The Kier molecular flexibility index (Phi) is 3.33. The van der Waals surface area contributed by atoms with E-state index >= 15 is 0 Å². The van der Waals surface area contributed by atoms with Crippen molar-refractivity contribution >= 4 is 28.7 Å². The SMILES string of the molecule is CCC1OCCC1Cn1c(N)nc2cc(Cl)cnc21. The minimum atomic E-state index is 0.309. The summed E-state index contributed by atoms with van der Waals surface area (Å²) in [5.41, 5.74) is 7.54. The van der Waals surface area contributed by atoms with Crippen molar-refractivity contribution in [3.63, 3.8) is 0 Å². The quantitative estimate of drug-likeness (QED) is 0.938. The zero-order valence-electron chi connectivity index (χ0n) is 10.8. The molecule has 1 saturated heterocycles. The number of ether oxygens (including phenoxy) is 1. The number of pyridine rings is 1. The maximum absolute atomic E-state index is 6.00. The summed E-state index contributed by atoms with van der Waals surface area (Å²) in [4.78, 5) is 8.66. The number of nitrogens with two attached hydrogens (primary N) is 1. The van der Waals surface area contributed by atoms with Crippen LogP contribution in [0.5, 0.6) is 0 Å². The maximum Gasteiger partial charge on any atom is 0.202 e. The van der Waals surface area contributed by atoms with Gasteiger partial charge in [-0.2, -0.15) is 0 Å². The average Bonchev–Trinajstić information content (AvgIpc) is 2.95. The fourth-order valence-corrected chi connectivity index (χ4v) is 2.92. The molecule has 0 amide bonds. The number of rotatable bonds is 3. The molecule has 0 spiro atoms. The maximum atomic E-state index is 6.00. The predicted octanol–water partition coefficient (Wildman–Crippen LogP) is 2.48. The fourth-order valence-electron chi connectivity index (χ4n) is 2.77. The molecular formula is C13H17ClN4O. The van der Waals surface area contributed by atoms with Gasteiger partial charge < -0.3 is 10.5 Å². The van der Waals surface area contributed by atoms with Crippen LogP contribution in [0.3, 0.4) is 0 Å². The smallest absolute Gasteiger partial charge is 0.202 e. The van der Waals surface area contributed by atoms with E-state index in [2.05, 4.69) is 16.9 Å². The lowest BCUT2D eigenvalue weighted by atomic mass is 9.99. The molecule has 0 saturated carbocycles. The summed E-state index contributed by atoms with van der Waals surface area (Å²) in [6, 6.07) is 1.79. The lowest BCUT2D eigenvalue weighted by Gasteiger charge is -2.18. The molecule has 1 aliphatic rings. The molecule has 1 aliphatic heterocycles. The number of anilines is 1. The topological polar surface area (TPSA) is 66.0 Å². The van der Waals surface area contributed by atoms with E-state index in [4.69, 9.17) is 22.1 Å². The molecule has 1 fully saturated rings. The summed E-state index contributed by atoms with van der Waals surface area (Å²) < 4.78 is 7.68. The predicted molar refractivity (Wildman–Crippen MR) is 75.1 cm³/mol. The Balaban J connectivity index is 1.94. The van der Waals surface area contributed by atoms with Gasteiger partial charge in [0.15, 0.2) is 5.65 Å². The van der Waals surface area contributed by atoms with Crippen molar-refractivity contribution in [3.05, 3.63) is 17.3 Å². The van der Waals surface area contributed by atoms with Crippen molar-refractivity contribution in [2.45, 2.75) is 32.4 Å². The van der Waals surface area contributed by atoms with Gasteiger partial charge in [0.1, 0.15) is 5.52 Å². The molecule has 2 aromatic rings. The Bertz CT molecular complexity index is 598. The van der Waals surface area contributed by atoms with Crippen LogP contribution in [0.2, 0.25) is 5.02 Å². The summed E-state index contributed by atoms with van der Waals surface area (Å²) in [7, 11) is 0. The van der Waals surface area contributed by atoms with E-state index in [0.717, 1.165) is 37.2 Å². The van der Waals surface area contributed by atoms with Gasteiger partial charge in [0.05, 0.1) is 11.1 Å². The van der Waals surface area contributed by atoms with Crippen LogP contribution in [-0.4, -0.2) is 27.2 Å². The first-order valence-corrected chi connectivity index (χ1v) is 6.95. The molecule has 0 radical (unpaired) electrons. The summed E-state index contributed by atoms with van der Waals surface area (Å²) >= 11 is 5.92. The van der Waals surface area contributed by atoms with Gasteiger partial charge in [0.25, 0.3) is 0 Å². The minimum absolute atomic E-state index is 0.309. The third-order valence-corrected chi connectivity index (χ3v) is 3.95. The molecule has 2 N–H and O–H groups in total. The van der Waals surface area contributed by atoms with E-state index in [9.17, 15) is 0 Å². The Morgan fingerprint density at radius 2 is 2.42 bits per heavy atom. The first kappa shape index (κ1) is 12.7. The third kappa shape index (κ3) is 2.28. The third-order valence-electron chi connectivity index (χ3n) is 3.75. The number of halogens is 1. The van der Waals surface area contributed by atoms with Crippen LogP contribution >= 0.6 is 11.6 Å². The number of aromatic nitrogens is 3. The number of nitrogen functional groups attached to an aromatic ring is 1. The Labute approximate surface area is 116 Å². The Morgan fingerprint density at radius 1 is 1.58 bits per heavy atom. The van der Waals surface area contributed by atoms with Crippen LogP contribution in [0.1, 0.15) is 19.8 Å². The average molecular weight is 281 g/mol. The zero-order chi connectivity index (χ0) is 13.4. The van der Waals surface area contributed by atoms with Gasteiger partial charge in [0, 0.05) is 25.3 Å². The van der Waals surface area contributed by atoms with Crippen LogP contribution in [-0.2, 0) is 11.3 Å².